The van der Waals surface area contributed by atoms with Crippen molar-refractivity contribution in [3.8, 4) is 0 Å². The van der Waals surface area contributed by atoms with Gasteiger partial charge >= 0.3 is 0 Å². The second-order valence-corrected chi connectivity index (χ2v) is 8.95. The van der Waals surface area contributed by atoms with E-state index in [1.807, 2.05) is 0 Å². The molecule has 0 heterocycles. The van der Waals surface area contributed by atoms with E-state index in [0.717, 1.165) is 10.6 Å². The number of hydrogen-bond donors (Lipinski definition) is 1. The molecular formula is C10H14N2O4S3. The molecule has 0 aliphatic carbocycles. The molecule has 1 aromatic rings. The van der Waals surface area contributed by atoms with E-state index in [1.54, 1.807) is 18.2 Å². The van der Waals surface area contributed by atoms with Crippen LogP contribution in [0.5, 0.6) is 0 Å². The van der Waals surface area contributed by atoms with Gasteiger partial charge in [0, 0.05) is 18.9 Å². The number of nitrogens with zero attached hydrogens (tertiary/aromatic N) is 1. The Kier molecular flexibility index (Phi) is 4.54. The monoisotopic (exact) mass is 322 g/mol. The summed E-state index contributed by atoms with van der Waals surface area (Å²) < 4.78 is 47.1. The lowest BCUT2D eigenvalue weighted by molar-refractivity contribution is 0.590. The zero-order chi connectivity index (χ0) is 14.8. The number of anilines is 1. The van der Waals surface area contributed by atoms with Gasteiger partial charge in [-0.05, 0) is 12.1 Å². The van der Waals surface area contributed by atoms with Crippen LogP contribution in [-0.2, 0) is 19.9 Å². The van der Waals surface area contributed by atoms with Crippen molar-refractivity contribution in [1.29, 1.82) is 0 Å². The third kappa shape index (κ3) is 4.15. The molecule has 0 atom stereocenters. The van der Waals surface area contributed by atoms with E-state index >= 15 is 0 Å². The summed E-state index contributed by atoms with van der Waals surface area (Å²) in [4.78, 5) is 0.0389. The molecule has 0 fully saturated rings. The van der Waals surface area contributed by atoms with Crippen molar-refractivity contribution in [1.82, 2.24) is 0 Å². The smallest absolute Gasteiger partial charge is 0.249 e. The average Bonchev–Trinajstić information content (AvgIpc) is 2.24. The first-order valence-corrected chi connectivity index (χ1v) is 9.15. The fourth-order valence-electron chi connectivity index (χ4n) is 1.46. The number of nitrogens with two attached hydrogens (primary N) is 1. The van der Waals surface area contributed by atoms with Gasteiger partial charge in [-0.3, -0.25) is 4.31 Å². The summed E-state index contributed by atoms with van der Waals surface area (Å²) in [5.74, 6) is 0. The lowest BCUT2D eigenvalue weighted by atomic mass is 10.2. The first kappa shape index (κ1) is 15.9. The predicted octanol–water partition coefficient (Wildman–Crippen LogP) is 0.0889. The van der Waals surface area contributed by atoms with Crippen LogP contribution in [0.2, 0.25) is 0 Å². The lowest BCUT2D eigenvalue weighted by Crippen LogP contribution is -2.33. The SMILES string of the molecule is CN(c1ccccc1C(N)=S)S(=O)(=O)CS(C)(=O)=O. The summed E-state index contributed by atoms with van der Waals surface area (Å²) in [6.07, 6.45) is 0.859. The molecular weight excluding hydrogens is 308 g/mol. The van der Waals surface area contributed by atoms with Crippen LogP contribution in [0, 0.1) is 0 Å². The summed E-state index contributed by atoms with van der Waals surface area (Å²) in [6, 6.07) is 6.36. The van der Waals surface area contributed by atoms with Crippen LogP contribution < -0.4 is 10.0 Å². The number of sulfone groups is 1. The fraction of sp³-hybridized carbons (Fsp3) is 0.300. The Morgan fingerprint density at radius 2 is 1.79 bits per heavy atom. The lowest BCUT2D eigenvalue weighted by Gasteiger charge is -2.21. The third-order valence-corrected chi connectivity index (χ3v) is 6.44. The zero-order valence-electron chi connectivity index (χ0n) is 10.4. The average molecular weight is 322 g/mol. The Hall–Kier alpha value is -1.19. The number of sulfonamides is 1. The highest BCUT2D eigenvalue weighted by Gasteiger charge is 2.25. The van der Waals surface area contributed by atoms with Gasteiger partial charge in [0.05, 0.1) is 5.69 Å². The molecule has 6 nitrogen and oxygen atoms in total. The van der Waals surface area contributed by atoms with Gasteiger partial charge in [-0.2, -0.15) is 0 Å². The topological polar surface area (TPSA) is 97.5 Å². The van der Waals surface area contributed by atoms with E-state index in [-0.39, 0.29) is 10.7 Å². The van der Waals surface area contributed by atoms with Crippen LogP contribution in [0.3, 0.4) is 0 Å². The number of hydrogen-bond acceptors (Lipinski definition) is 5. The van der Waals surface area contributed by atoms with Gasteiger partial charge in [0.1, 0.15) is 4.99 Å². The van der Waals surface area contributed by atoms with E-state index in [2.05, 4.69) is 0 Å². The van der Waals surface area contributed by atoms with Crippen LogP contribution in [-0.4, -0.2) is 40.2 Å². The van der Waals surface area contributed by atoms with Crippen LogP contribution in [0.25, 0.3) is 0 Å². The number of para-hydroxylation sites is 1. The molecule has 0 radical (unpaired) electrons. The van der Waals surface area contributed by atoms with E-state index in [4.69, 9.17) is 18.0 Å². The van der Waals surface area contributed by atoms with E-state index in [1.165, 1.54) is 13.1 Å². The number of rotatable bonds is 5. The van der Waals surface area contributed by atoms with Crippen LogP contribution in [0.4, 0.5) is 5.69 Å². The summed E-state index contributed by atoms with van der Waals surface area (Å²) in [7, 11) is -6.40. The highest BCUT2D eigenvalue weighted by Crippen LogP contribution is 2.22. The first-order chi connectivity index (χ1) is 8.54. The third-order valence-electron chi connectivity index (χ3n) is 2.29. The van der Waals surface area contributed by atoms with Gasteiger partial charge in [-0.25, -0.2) is 16.8 Å². The molecule has 0 saturated carbocycles. The maximum Gasteiger partial charge on any atom is 0.249 e. The van der Waals surface area contributed by atoms with Gasteiger partial charge in [0.25, 0.3) is 0 Å². The van der Waals surface area contributed by atoms with Crippen molar-refractivity contribution < 1.29 is 16.8 Å². The van der Waals surface area contributed by atoms with Crippen molar-refractivity contribution in [3.63, 3.8) is 0 Å². The van der Waals surface area contributed by atoms with Crippen molar-refractivity contribution >= 4 is 42.8 Å². The molecule has 0 amide bonds. The first-order valence-electron chi connectivity index (χ1n) is 5.08. The highest BCUT2D eigenvalue weighted by molar-refractivity contribution is 8.08. The molecule has 19 heavy (non-hydrogen) atoms. The molecule has 0 spiro atoms. The van der Waals surface area contributed by atoms with Crippen molar-refractivity contribution in [3.05, 3.63) is 29.8 Å². The molecule has 0 unspecified atom stereocenters. The summed E-state index contributed by atoms with van der Waals surface area (Å²) >= 11 is 4.84. The van der Waals surface area contributed by atoms with Gasteiger partial charge in [-0.1, -0.05) is 24.4 Å². The second kappa shape index (κ2) is 5.43. The van der Waals surface area contributed by atoms with Gasteiger partial charge in [0.2, 0.25) is 10.0 Å². The van der Waals surface area contributed by atoms with Crippen LogP contribution >= 0.6 is 12.2 Å². The van der Waals surface area contributed by atoms with Crippen molar-refractivity contribution in [2.24, 2.45) is 5.73 Å². The molecule has 1 aromatic carbocycles. The molecule has 0 aliphatic rings. The Morgan fingerprint density at radius 1 is 1.26 bits per heavy atom. The summed E-state index contributed by atoms with van der Waals surface area (Å²) in [5.41, 5.74) is 6.14. The Labute approximate surface area is 118 Å². The Bertz CT molecular complexity index is 695. The quantitative estimate of drug-likeness (QED) is 0.772. The molecule has 9 heteroatoms. The summed E-state index contributed by atoms with van der Waals surface area (Å²) in [6.45, 7) is 0. The maximum absolute atomic E-state index is 12.0. The van der Waals surface area contributed by atoms with E-state index in [0.29, 0.717) is 5.56 Å². The second-order valence-electron chi connectivity index (χ2n) is 4.00. The fourth-order valence-corrected chi connectivity index (χ4v) is 4.88. The molecule has 1 rings (SSSR count). The van der Waals surface area contributed by atoms with Crippen LogP contribution in [0.15, 0.2) is 24.3 Å². The predicted molar refractivity (Wildman–Crippen MR) is 79.4 cm³/mol. The highest BCUT2D eigenvalue weighted by atomic mass is 32.3. The standard InChI is InChI=1S/C10H14N2O4S3/c1-12(19(15,16)7-18(2,13)14)9-6-4-3-5-8(9)10(11)17/h3-6H,7H2,1-2H3,(H2,11,17). The molecule has 0 saturated heterocycles. The van der Waals surface area contributed by atoms with Crippen molar-refractivity contribution in [2.45, 2.75) is 0 Å². The minimum absolute atomic E-state index is 0.0389. The van der Waals surface area contributed by atoms with Gasteiger partial charge in [0.15, 0.2) is 14.9 Å². The van der Waals surface area contributed by atoms with E-state index < -0.39 is 24.9 Å². The van der Waals surface area contributed by atoms with Crippen LogP contribution in [0.1, 0.15) is 5.56 Å². The van der Waals surface area contributed by atoms with E-state index in [9.17, 15) is 16.8 Å². The summed E-state index contributed by atoms with van der Waals surface area (Å²) in [5, 5.41) is -0.970. The Balaban J connectivity index is 3.28. The molecule has 0 aromatic heterocycles. The normalized spacial score (nSPS) is 12.1. The number of thiocarbonyl (C=S) groups is 1. The minimum Gasteiger partial charge on any atom is -0.389 e. The molecule has 106 valence electrons. The minimum atomic E-state index is -4.00. The van der Waals surface area contributed by atoms with Gasteiger partial charge in [-0.15, -0.1) is 0 Å². The Morgan fingerprint density at radius 3 is 2.26 bits per heavy atom. The number of benzene rings is 1. The van der Waals surface area contributed by atoms with Crippen molar-refractivity contribution in [2.75, 3.05) is 22.7 Å². The van der Waals surface area contributed by atoms with Gasteiger partial charge < -0.3 is 5.73 Å². The molecule has 2 N–H and O–H groups in total. The molecule has 0 aliphatic heterocycles. The molecule has 0 bridgehead atoms. The zero-order valence-corrected chi connectivity index (χ0v) is 12.8. The largest absolute Gasteiger partial charge is 0.389 e. The maximum atomic E-state index is 12.0.